The van der Waals surface area contributed by atoms with Crippen molar-refractivity contribution in [3.63, 3.8) is 0 Å². The van der Waals surface area contributed by atoms with Crippen LogP contribution < -0.4 is 14.4 Å². The second-order valence-corrected chi connectivity index (χ2v) is 6.51. The number of rotatable bonds is 6. The van der Waals surface area contributed by atoms with Crippen LogP contribution in [0, 0.1) is 0 Å². The van der Waals surface area contributed by atoms with Gasteiger partial charge in [0, 0.05) is 37.9 Å². The maximum Gasteiger partial charge on any atom is 0.246 e. The minimum atomic E-state index is -0.00166. The van der Waals surface area contributed by atoms with E-state index in [-0.39, 0.29) is 11.7 Å². The fraction of sp³-hybridized carbons (Fsp3) is 0.318. The lowest BCUT2D eigenvalue weighted by atomic mass is 10.1. The number of phenolic OH excluding ortho intramolecular Hbond substituents is 1. The fourth-order valence-electron chi connectivity index (χ4n) is 3.18. The maximum absolute atomic E-state index is 12.5. The van der Waals surface area contributed by atoms with Crippen molar-refractivity contribution >= 4 is 17.7 Å². The quantitative estimate of drug-likeness (QED) is 0.778. The number of piperazine rings is 1. The zero-order valence-corrected chi connectivity index (χ0v) is 16.3. The third-order valence-corrected chi connectivity index (χ3v) is 4.71. The third kappa shape index (κ3) is 4.76. The van der Waals surface area contributed by atoms with Crippen molar-refractivity contribution in [2.45, 2.75) is 6.92 Å². The number of methoxy groups -OCH3 is 1. The number of hydrogen-bond donors (Lipinski definition) is 1. The second-order valence-electron chi connectivity index (χ2n) is 6.51. The van der Waals surface area contributed by atoms with Gasteiger partial charge in [-0.2, -0.15) is 0 Å². The molecular weight excluding hydrogens is 356 g/mol. The molecule has 2 aromatic rings. The molecule has 3 rings (SSSR count). The van der Waals surface area contributed by atoms with Gasteiger partial charge in [-0.1, -0.05) is 6.07 Å². The summed E-state index contributed by atoms with van der Waals surface area (Å²) in [6, 6.07) is 12.8. The Labute approximate surface area is 165 Å². The van der Waals surface area contributed by atoms with E-state index in [1.807, 2.05) is 42.2 Å². The van der Waals surface area contributed by atoms with E-state index in [1.54, 1.807) is 31.4 Å². The van der Waals surface area contributed by atoms with E-state index >= 15 is 0 Å². The Hall–Kier alpha value is -3.15. The molecular formula is C22H26N2O4. The van der Waals surface area contributed by atoms with Gasteiger partial charge in [0.05, 0.1) is 13.7 Å². The van der Waals surface area contributed by atoms with Crippen molar-refractivity contribution in [3.05, 3.63) is 54.1 Å². The summed E-state index contributed by atoms with van der Waals surface area (Å²) in [5.74, 6) is 1.60. The van der Waals surface area contributed by atoms with E-state index in [4.69, 9.17) is 9.47 Å². The van der Waals surface area contributed by atoms with Gasteiger partial charge in [-0.3, -0.25) is 4.79 Å². The molecule has 0 spiro atoms. The molecule has 1 aliphatic heterocycles. The highest BCUT2D eigenvalue weighted by atomic mass is 16.5. The van der Waals surface area contributed by atoms with Crippen LogP contribution in [-0.4, -0.2) is 55.8 Å². The van der Waals surface area contributed by atoms with Gasteiger partial charge in [-0.05, 0) is 55.0 Å². The fourth-order valence-corrected chi connectivity index (χ4v) is 3.18. The Kier molecular flexibility index (Phi) is 6.42. The van der Waals surface area contributed by atoms with Gasteiger partial charge >= 0.3 is 0 Å². The van der Waals surface area contributed by atoms with Crippen molar-refractivity contribution in [1.29, 1.82) is 0 Å². The Balaban J connectivity index is 1.57. The first-order valence-electron chi connectivity index (χ1n) is 9.42. The maximum atomic E-state index is 12.5. The first-order chi connectivity index (χ1) is 13.6. The summed E-state index contributed by atoms with van der Waals surface area (Å²) < 4.78 is 10.9. The first-order valence-corrected chi connectivity index (χ1v) is 9.42. The van der Waals surface area contributed by atoms with Crippen LogP contribution in [0.3, 0.4) is 0 Å². The number of carbonyl (C=O) groups is 1. The average Bonchev–Trinajstić information content (AvgIpc) is 2.73. The van der Waals surface area contributed by atoms with Gasteiger partial charge in [-0.15, -0.1) is 0 Å². The zero-order chi connectivity index (χ0) is 19.9. The summed E-state index contributed by atoms with van der Waals surface area (Å²) in [6.45, 7) is 5.35. The second kappa shape index (κ2) is 9.17. The minimum absolute atomic E-state index is 0.00166. The summed E-state index contributed by atoms with van der Waals surface area (Å²) in [6.07, 6.45) is 3.40. The highest BCUT2D eigenvalue weighted by molar-refractivity contribution is 5.92. The highest BCUT2D eigenvalue weighted by Crippen LogP contribution is 2.28. The number of aromatic hydroxyl groups is 1. The summed E-state index contributed by atoms with van der Waals surface area (Å²) in [5.41, 5.74) is 1.94. The van der Waals surface area contributed by atoms with Crippen molar-refractivity contribution in [2.75, 3.05) is 44.8 Å². The number of hydrogen-bond acceptors (Lipinski definition) is 5. The predicted molar refractivity (Wildman–Crippen MR) is 110 cm³/mol. The molecule has 1 fully saturated rings. The number of phenols is 1. The molecule has 28 heavy (non-hydrogen) atoms. The van der Waals surface area contributed by atoms with Crippen molar-refractivity contribution < 1.29 is 19.4 Å². The molecule has 0 aromatic heterocycles. The summed E-state index contributed by atoms with van der Waals surface area (Å²) in [4.78, 5) is 16.6. The Morgan fingerprint density at radius 3 is 2.43 bits per heavy atom. The normalized spacial score (nSPS) is 14.4. The van der Waals surface area contributed by atoms with E-state index in [1.165, 1.54) is 0 Å². The molecule has 0 aliphatic carbocycles. The van der Waals surface area contributed by atoms with E-state index in [9.17, 15) is 9.90 Å². The van der Waals surface area contributed by atoms with Crippen LogP contribution in [0.15, 0.2) is 48.5 Å². The van der Waals surface area contributed by atoms with Crippen LogP contribution in [-0.2, 0) is 4.79 Å². The molecule has 1 saturated heterocycles. The van der Waals surface area contributed by atoms with Crippen molar-refractivity contribution in [2.24, 2.45) is 0 Å². The van der Waals surface area contributed by atoms with Crippen LogP contribution >= 0.6 is 0 Å². The number of ether oxygens (including phenoxy) is 2. The van der Waals surface area contributed by atoms with Gasteiger partial charge in [0.2, 0.25) is 5.91 Å². The van der Waals surface area contributed by atoms with Crippen LogP contribution in [0.1, 0.15) is 12.5 Å². The average molecular weight is 382 g/mol. The number of carbonyl (C=O) groups excluding carboxylic acids is 1. The topological polar surface area (TPSA) is 62.2 Å². The summed E-state index contributed by atoms with van der Waals surface area (Å²) in [7, 11) is 1.60. The lowest BCUT2D eigenvalue weighted by Gasteiger charge is -2.35. The third-order valence-electron chi connectivity index (χ3n) is 4.71. The summed E-state index contributed by atoms with van der Waals surface area (Å²) in [5, 5.41) is 9.40. The molecule has 1 aliphatic rings. The standard InChI is InChI=1S/C22H26N2O4/c1-3-28-20-10-4-17(16-21(20)27-2)5-11-22(26)24-14-12-23(13-15-24)18-6-8-19(25)9-7-18/h4-11,16,25H,3,12-15H2,1-2H3/b11-5+. The lowest BCUT2D eigenvalue weighted by Crippen LogP contribution is -2.48. The van der Waals surface area contributed by atoms with Crippen LogP contribution in [0.2, 0.25) is 0 Å². The molecule has 0 bridgehead atoms. The van der Waals surface area contributed by atoms with Gasteiger partial charge in [0.15, 0.2) is 11.5 Å². The van der Waals surface area contributed by atoms with Crippen LogP contribution in [0.5, 0.6) is 17.2 Å². The van der Waals surface area contributed by atoms with Gasteiger partial charge < -0.3 is 24.4 Å². The van der Waals surface area contributed by atoms with Crippen molar-refractivity contribution in [1.82, 2.24) is 4.90 Å². The SMILES string of the molecule is CCOc1ccc(/C=C/C(=O)N2CCN(c3ccc(O)cc3)CC2)cc1OC. The molecule has 2 aromatic carbocycles. The largest absolute Gasteiger partial charge is 0.508 e. The Bertz CT molecular complexity index is 825. The van der Waals surface area contributed by atoms with Crippen LogP contribution in [0.4, 0.5) is 5.69 Å². The zero-order valence-electron chi connectivity index (χ0n) is 16.3. The monoisotopic (exact) mass is 382 g/mol. The number of amides is 1. The number of benzene rings is 2. The van der Waals surface area contributed by atoms with E-state index < -0.39 is 0 Å². The highest BCUT2D eigenvalue weighted by Gasteiger charge is 2.19. The number of anilines is 1. The smallest absolute Gasteiger partial charge is 0.246 e. The molecule has 0 saturated carbocycles. The Morgan fingerprint density at radius 2 is 1.79 bits per heavy atom. The van der Waals surface area contributed by atoms with Gasteiger partial charge in [0.1, 0.15) is 5.75 Å². The van der Waals surface area contributed by atoms with Crippen LogP contribution in [0.25, 0.3) is 6.08 Å². The first kappa shape index (κ1) is 19.6. The molecule has 6 heteroatoms. The lowest BCUT2D eigenvalue weighted by molar-refractivity contribution is -0.126. The van der Waals surface area contributed by atoms with Gasteiger partial charge in [0.25, 0.3) is 0 Å². The van der Waals surface area contributed by atoms with E-state index in [2.05, 4.69) is 4.90 Å². The van der Waals surface area contributed by atoms with E-state index in [0.717, 1.165) is 24.3 Å². The molecule has 1 N–H and O–H groups in total. The molecule has 0 atom stereocenters. The number of nitrogens with zero attached hydrogens (tertiary/aromatic N) is 2. The molecule has 148 valence electrons. The molecule has 1 amide bonds. The molecule has 6 nitrogen and oxygen atoms in total. The molecule has 0 radical (unpaired) electrons. The summed E-state index contributed by atoms with van der Waals surface area (Å²) >= 11 is 0. The Morgan fingerprint density at radius 1 is 1.07 bits per heavy atom. The van der Waals surface area contributed by atoms with Crippen molar-refractivity contribution in [3.8, 4) is 17.2 Å². The van der Waals surface area contributed by atoms with Gasteiger partial charge in [-0.25, -0.2) is 0 Å². The minimum Gasteiger partial charge on any atom is -0.508 e. The molecule has 1 heterocycles. The predicted octanol–water partition coefficient (Wildman–Crippen LogP) is 3.16. The van der Waals surface area contributed by atoms with E-state index in [0.29, 0.717) is 31.2 Å². The molecule has 0 unspecified atom stereocenters.